The third kappa shape index (κ3) is 3.34. The van der Waals surface area contributed by atoms with Gasteiger partial charge in [0.25, 0.3) is 5.91 Å². The Morgan fingerprint density at radius 1 is 1.00 bits per heavy atom. The molecule has 0 bridgehead atoms. The second kappa shape index (κ2) is 6.90. The average molecular weight is 353 g/mol. The fourth-order valence-electron chi connectivity index (χ4n) is 4.08. The Morgan fingerprint density at radius 2 is 1.69 bits per heavy atom. The lowest BCUT2D eigenvalue weighted by atomic mass is 9.78. The van der Waals surface area contributed by atoms with Gasteiger partial charge < -0.3 is 14.4 Å². The largest absolute Gasteiger partial charge is 0.345 e. The first-order chi connectivity index (χ1) is 12.7. The van der Waals surface area contributed by atoms with Gasteiger partial charge in [-0.25, -0.2) is 0 Å². The van der Waals surface area contributed by atoms with Crippen molar-refractivity contribution in [3.05, 3.63) is 48.5 Å². The fraction of sp³-hybridized carbons (Fsp3) is 0.474. The standard InChI is InChI=1S/C19H23N5O2/c25-17(14-22-8-1-2-9-22)23-10-4-19(5-11-23)6-12-24(15-19)18(26)16-3-7-20-21-13-16/h1-3,7-9,13H,4-6,10-12,14-15H2. The van der Waals surface area contributed by atoms with E-state index in [0.717, 1.165) is 45.4 Å². The maximum absolute atomic E-state index is 12.6. The van der Waals surface area contributed by atoms with E-state index >= 15 is 0 Å². The molecule has 0 saturated carbocycles. The average Bonchev–Trinajstić information content (AvgIpc) is 3.33. The summed E-state index contributed by atoms with van der Waals surface area (Å²) in [4.78, 5) is 29.0. The van der Waals surface area contributed by atoms with Crippen molar-refractivity contribution in [2.45, 2.75) is 25.8 Å². The maximum atomic E-state index is 12.6. The minimum Gasteiger partial charge on any atom is -0.345 e. The molecule has 2 amide bonds. The summed E-state index contributed by atoms with van der Waals surface area (Å²) < 4.78 is 1.91. The van der Waals surface area contributed by atoms with E-state index in [-0.39, 0.29) is 17.2 Å². The molecule has 0 aliphatic carbocycles. The van der Waals surface area contributed by atoms with Gasteiger partial charge in [-0.2, -0.15) is 10.2 Å². The molecule has 2 saturated heterocycles. The molecule has 1 spiro atoms. The van der Waals surface area contributed by atoms with Crippen molar-refractivity contribution in [1.82, 2.24) is 24.6 Å². The Morgan fingerprint density at radius 3 is 2.35 bits per heavy atom. The zero-order valence-corrected chi connectivity index (χ0v) is 14.8. The van der Waals surface area contributed by atoms with Gasteiger partial charge in [-0.05, 0) is 42.9 Å². The van der Waals surface area contributed by atoms with Gasteiger partial charge in [0.2, 0.25) is 5.91 Å². The van der Waals surface area contributed by atoms with Crippen molar-refractivity contribution in [1.29, 1.82) is 0 Å². The highest BCUT2D eigenvalue weighted by Crippen LogP contribution is 2.40. The zero-order valence-electron chi connectivity index (χ0n) is 14.8. The number of carbonyl (C=O) groups excluding carboxylic acids is 2. The highest BCUT2D eigenvalue weighted by Gasteiger charge is 2.42. The molecular weight excluding hydrogens is 330 g/mol. The van der Waals surface area contributed by atoms with Crippen LogP contribution in [0.4, 0.5) is 0 Å². The van der Waals surface area contributed by atoms with Crippen LogP contribution in [0.3, 0.4) is 0 Å². The summed E-state index contributed by atoms with van der Waals surface area (Å²) in [6.45, 7) is 3.50. The van der Waals surface area contributed by atoms with Gasteiger partial charge in [-0.3, -0.25) is 9.59 Å². The molecule has 2 aliphatic rings. The monoisotopic (exact) mass is 353 g/mol. The summed E-state index contributed by atoms with van der Waals surface area (Å²) in [6.07, 6.45) is 9.84. The molecular formula is C19H23N5O2. The van der Waals surface area contributed by atoms with E-state index in [0.29, 0.717) is 12.1 Å². The normalized spacial score (nSPS) is 19.1. The van der Waals surface area contributed by atoms with Crippen molar-refractivity contribution in [2.24, 2.45) is 5.41 Å². The second-order valence-electron chi connectivity index (χ2n) is 7.34. The van der Waals surface area contributed by atoms with Crippen LogP contribution in [0.1, 0.15) is 29.6 Å². The van der Waals surface area contributed by atoms with Crippen LogP contribution in [0, 0.1) is 5.41 Å². The highest BCUT2D eigenvalue weighted by atomic mass is 16.2. The van der Waals surface area contributed by atoms with Gasteiger partial charge in [0.1, 0.15) is 6.54 Å². The molecule has 0 atom stereocenters. The van der Waals surface area contributed by atoms with Crippen molar-refractivity contribution < 1.29 is 9.59 Å². The molecule has 2 aromatic rings. The van der Waals surface area contributed by atoms with Crippen LogP contribution in [0.5, 0.6) is 0 Å². The van der Waals surface area contributed by atoms with Crippen LogP contribution in [0.15, 0.2) is 43.0 Å². The lowest BCUT2D eigenvalue weighted by Crippen LogP contribution is -2.45. The smallest absolute Gasteiger partial charge is 0.255 e. The minimum atomic E-state index is 0.0305. The molecule has 0 N–H and O–H groups in total. The van der Waals surface area contributed by atoms with Crippen molar-refractivity contribution in [2.75, 3.05) is 26.2 Å². The molecule has 136 valence electrons. The van der Waals surface area contributed by atoms with Crippen molar-refractivity contribution in [3.8, 4) is 0 Å². The molecule has 4 heterocycles. The van der Waals surface area contributed by atoms with Gasteiger partial charge in [-0.15, -0.1) is 0 Å². The molecule has 26 heavy (non-hydrogen) atoms. The van der Waals surface area contributed by atoms with Gasteiger partial charge in [-0.1, -0.05) is 0 Å². The Bertz CT molecular complexity index is 766. The molecule has 2 aliphatic heterocycles. The molecule has 0 radical (unpaired) electrons. The van der Waals surface area contributed by atoms with Gasteiger partial charge >= 0.3 is 0 Å². The van der Waals surface area contributed by atoms with Crippen LogP contribution in [-0.2, 0) is 11.3 Å². The number of rotatable bonds is 3. The SMILES string of the molecule is O=C(Cn1cccc1)N1CCC2(CC1)CCN(C(=O)c1ccnnc1)C2. The molecule has 0 unspecified atom stereocenters. The Hall–Kier alpha value is -2.70. The molecule has 7 heteroatoms. The second-order valence-corrected chi connectivity index (χ2v) is 7.34. The van der Waals surface area contributed by atoms with Gasteiger partial charge in [0.05, 0.1) is 18.0 Å². The minimum absolute atomic E-state index is 0.0305. The summed E-state index contributed by atoms with van der Waals surface area (Å²) in [7, 11) is 0. The zero-order chi connectivity index (χ0) is 18.0. The first-order valence-electron chi connectivity index (χ1n) is 9.10. The van der Waals surface area contributed by atoms with Gasteiger partial charge in [0, 0.05) is 38.6 Å². The van der Waals surface area contributed by atoms with E-state index < -0.39 is 0 Å². The number of aromatic nitrogens is 3. The third-order valence-electron chi connectivity index (χ3n) is 5.72. The van der Waals surface area contributed by atoms with Crippen molar-refractivity contribution >= 4 is 11.8 Å². The number of amides is 2. The molecule has 2 fully saturated rings. The van der Waals surface area contributed by atoms with Crippen LogP contribution in [-0.4, -0.2) is 62.6 Å². The predicted molar refractivity (Wildman–Crippen MR) is 95.2 cm³/mol. The summed E-state index contributed by atoms with van der Waals surface area (Å²) in [5.74, 6) is 0.202. The number of nitrogens with zero attached hydrogens (tertiary/aromatic N) is 5. The van der Waals surface area contributed by atoms with E-state index in [1.54, 1.807) is 12.3 Å². The predicted octanol–water partition coefficient (Wildman–Crippen LogP) is 1.43. The van der Waals surface area contributed by atoms with E-state index in [1.165, 1.54) is 6.20 Å². The van der Waals surface area contributed by atoms with Crippen LogP contribution >= 0.6 is 0 Å². The van der Waals surface area contributed by atoms with E-state index in [2.05, 4.69) is 10.2 Å². The van der Waals surface area contributed by atoms with Crippen LogP contribution in [0.2, 0.25) is 0 Å². The highest BCUT2D eigenvalue weighted by molar-refractivity contribution is 5.94. The van der Waals surface area contributed by atoms with Crippen LogP contribution in [0.25, 0.3) is 0 Å². The first-order valence-corrected chi connectivity index (χ1v) is 9.10. The fourth-order valence-corrected chi connectivity index (χ4v) is 4.08. The van der Waals surface area contributed by atoms with Gasteiger partial charge in [0.15, 0.2) is 0 Å². The lowest BCUT2D eigenvalue weighted by molar-refractivity contribution is -0.134. The summed E-state index contributed by atoms with van der Waals surface area (Å²) in [6, 6.07) is 5.57. The molecule has 4 rings (SSSR count). The van der Waals surface area contributed by atoms with E-state index in [4.69, 9.17) is 0 Å². The van der Waals surface area contributed by atoms with Crippen LogP contribution < -0.4 is 0 Å². The quantitative estimate of drug-likeness (QED) is 0.837. The third-order valence-corrected chi connectivity index (χ3v) is 5.72. The number of hydrogen-bond acceptors (Lipinski definition) is 4. The lowest BCUT2D eigenvalue weighted by Gasteiger charge is -2.39. The summed E-state index contributed by atoms with van der Waals surface area (Å²) >= 11 is 0. The molecule has 2 aromatic heterocycles. The number of carbonyl (C=O) groups is 2. The van der Waals surface area contributed by atoms with Crippen molar-refractivity contribution in [3.63, 3.8) is 0 Å². The summed E-state index contributed by atoms with van der Waals surface area (Å²) in [5, 5.41) is 7.53. The number of likely N-dealkylation sites (tertiary alicyclic amines) is 2. The summed E-state index contributed by atoms with van der Waals surface area (Å²) in [5.41, 5.74) is 0.747. The maximum Gasteiger partial charge on any atom is 0.255 e. The van der Waals surface area contributed by atoms with E-state index in [9.17, 15) is 9.59 Å². The molecule has 7 nitrogen and oxygen atoms in total. The molecule has 0 aromatic carbocycles. The number of piperidine rings is 1. The van der Waals surface area contributed by atoms with E-state index in [1.807, 2.05) is 38.9 Å². The Balaban J connectivity index is 1.33. The topological polar surface area (TPSA) is 71.3 Å². The Kier molecular flexibility index (Phi) is 4.44. The Labute approximate surface area is 152 Å². The number of hydrogen-bond donors (Lipinski definition) is 0. The first kappa shape index (κ1) is 16.8.